The fraction of sp³-hybridized carbons (Fsp3) is 0.500. The molecule has 0 spiro atoms. The van der Waals surface area contributed by atoms with Gasteiger partial charge in [0.2, 0.25) is 0 Å². The molecule has 1 fully saturated rings. The molecule has 1 saturated carbocycles. The van der Waals surface area contributed by atoms with Crippen LogP contribution >= 0.6 is 0 Å². The second-order valence-electron chi connectivity index (χ2n) is 6.08. The Morgan fingerprint density at radius 2 is 2.10 bits per heavy atom. The molecule has 3 rings (SSSR count). The quantitative estimate of drug-likeness (QED) is 0.918. The number of anilines is 1. The van der Waals surface area contributed by atoms with Crippen LogP contribution in [0.15, 0.2) is 36.9 Å². The Balaban J connectivity index is 1.64. The van der Waals surface area contributed by atoms with Crippen LogP contribution in [0.25, 0.3) is 5.69 Å². The number of aromatic nitrogens is 3. The van der Waals surface area contributed by atoms with Gasteiger partial charge in [-0.1, -0.05) is 13.8 Å². The van der Waals surface area contributed by atoms with Crippen molar-refractivity contribution < 1.29 is 4.74 Å². The van der Waals surface area contributed by atoms with E-state index in [-0.39, 0.29) is 5.41 Å². The summed E-state index contributed by atoms with van der Waals surface area (Å²) in [6, 6.07) is 8.71. The highest BCUT2D eigenvalue weighted by atomic mass is 16.5. The maximum Gasteiger partial charge on any atom is 0.138 e. The highest BCUT2D eigenvalue weighted by Gasteiger charge is 2.48. The molecule has 1 aromatic heterocycles. The third-order valence-electron chi connectivity index (χ3n) is 4.44. The molecule has 0 radical (unpaired) electrons. The van der Waals surface area contributed by atoms with Gasteiger partial charge in [0.25, 0.3) is 0 Å². The van der Waals surface area contributed by atoms with Crippen molar-refractivity contribution >= 4 is 5.69 Å². The lowest BCUT2D eigenvalue weighted by Crippen LogP contribution is -2.58. The first-order valence-corrected chi connectivity index (χ1v) is 7.44. The number of benzene rings is 1. The van der Waals surface area contributed by atoms with E-state index >= 15 is 0 Å². The fourth-order valence-electron chi connectivity index (χ4n) is 2.87. The van der Waals surface area contributed by atoms with Crippen LogP contribution in [0.1, 0.15) is 27.2 Å². The SMILES string of the molecule is CCOC1CC(Nc2ccc(-n3cncn3)cc2)C1(C)C. The van der Waals surface area contributed by atoms with Crippen LogP contribution in [0, 0.1) is 5.41 Å². The van der Waals surface area contributed by atoms with E-state index < -0.39 is 0 Å². The number of nitrogens with one attached hydrogen (secondary N) is 1. The molecular formula is C16H22N4O. The van der Waals surface area contributed by atoms with E-state index in [9.17, 15) is 0 Å². The third kappa shape index (κ3) is 2.65. The van der Waals surface area contributed by atoms with E-state index in [1.165, 1.54) is 6.33 Å². The second-order valence-corrected chi connectivity index (χ2v) is 6.08. The first-order valence-electron chi connectivity index (χ1n) is 7.44. The summed E-state index contributed by atoms with van der Waals surface area (Å²) >= 11 is 0. The maximum atomic E-state index is 5.77. The van der Waals surface area contributed by atoms with E-state index in [1.54, 1.807) is 11.0 Å². The van der Waals surface area contributed by atoms with Crippen molar-refractivity contribution in [2.45, 2.75) is 39.3 Å². The van der Waals surface area contributed by atoms with Gasteiger partial charge in [-0.2, -0.15) is 5.10 Å². The normalized spacial score (nSPS) is 23.6. The van der Waals surface area contributed by atoms with Gasteiger partial charge in [0.15, 0.2) is 0 Å². The summed E-state index contributed by atoms with van der Waals surface area (Å²) in [6.07, 6.45) is 4.65. The Morgan fingerprint density at radius 1 is 1.33 bits per heavy atom. The molecule has 5 heteroatoms. The summed E-state index contributed by atoms with van der Waals surface area (Å²) in [5.41, 5.74) is 2.31. The number of hydrogen-bond acceptors (Lipinski definition) is 4. The van der Waals surface area contributed by atoms with E-state index in [0.717, 1.165) is 24.4 Å². The molecule has 1 aliphatic carbocycles. The van der Waals surface area contributed by atoms with Gasteiger partial charge < -0.3 is 10.1 Å². The molecule has 1 N–H and O–H groups in total. The van der Waals surface area contributed by atoms with Gasteiger partial charge in [-0.15, -0.1) is 0 Å². The summed E-state index contributed by atoms with van der Waals surface area (Å²) < 4.78 is 7.52. The van der Waals surface area contributed by atoms with Crippen molar-refractivity contribution in [1.82, 2.24) is 14.8 Å². The molecule has 1 heterocycles. The Kier molecular flexibility index (Phi) is 3.68. The molecule has 0 aliphatic heterocycles. The molecular weight excluding hydrogens is 264 g/mol. The van der Waals surface area contributed by atoms with Crippen molar-refractivity contribution in [3.8, 4) is 5.69 Å². The zero-order valence-electron chi connectivity index (χ0n) is 12.8. The minimum Gasteiger partial charge on any atom is -0.382 e. The highest BCUT2D eigenvalue weighted by molar-refractivity contribution is 5.50. The summed E-state index contributed by atoms with van der Waals surface area (Å²) in [4.78, 5) is 3.96. The van der Waals surface area contributed by atoms with Gasteiger partial charge in [-0.05, 0) is 37.6 Å². The van der Waals surface area contributed by atoms with Crippen LogP contribution in [0.2, 0.25) is 0 Å². The van der Waals surface area contributed by atoms with Crippen molar-refractivity contribution in [1.29, 1.82) is 0 Å². The zero-order chi connectivity index (χ0) is 14.9. The van der Waals surface area contributed by atoms with Crippen LogP contribution in [0.3, 0.4) is 0 Å². The lowest BCUT2D eigenvalue weighted by Gasteiger charge is -2.52. The van der Waals surface area contributed by atoms with Crippen LogP contribution in [-0.2, 0) is 4.74 Å². The molecule has 2 unspecified atom stereocenters. The van der Waals surface area contributed by atoms with Gasteiger partial charge >= 0.3 is 0 Å². The number of nitrogens with zero attached hydrogens (tertiary/aromatic N) is 3. The molecule has 5 nitrogen and oxygen atoms in total. The molecule has 2 aromatic rings. The third-order valence-corrected chi connectivity index (χ3v) is 4.44. The summed E-state index contributed by atoms with van der Waals surface area (Å²) in [5, 5.41) is 7.73. The predicted molar refractivity (Wildman–Crippen MR) is 82.6 cm³/mol. The van der Waals surface area contributed by atoms with Crippen LogP contribution in [-0.4, -0.2) is 33.5 Å². The number of rotatable bonds is 5. The van der Waals surface area contributed by atoms with Gasteiger partial charge in [-0.25, -0.2) is 9.67 Å². The molecule has 1 aliphatic rings. The highest BCUT2D eigenvalue weighted by Crippen LogP contribution is 2.44. The fourth-order valence-corrected chi connectivity index (χ4v) is 2.87. The van der Waals surface area contributed by atoms with E-state index in [2.05, 4.69) is 48.3 Å². The van der Waals surface area contributed by atoms with Gasteiger partial charge in [0.05, 0.1) is 11.8 Å². The van der Waals surface area contributed by atoms with E-state index in [4.69, 9.17) is 4.74 Å². The summed E-state index contributed by atoms with van der Waals surface area (Å²) in [5.74, 6) is 0. The predicted octanol–water partition coefficient (Wildman–Crippen LogP) is 2.88. The standard InChI is InChI=1S/C16H22N4O/c1-4-21-15-9-14(16(15,2)3)19-12-5-7-13(8-6-12)20-11-17-10-18-20/h5-8,10-11,14-15,19H,4,9H2,1-3H3. The van der Waals surface area contributed by atoms with Crippen molar-refractivity contribution in [3.05, 3.63) is 36.9 Å². The number of ether oxygens (including phenoxy) is 1. The Labute approximate surface area is 125 Å². The smallest absolute Gasteiger partial charge is 0.138 e. The second kappa shape index (κ2) is 5.48. The topological polar surface area (TPSA) is 52.0 Å². The molecule has 2 atom stereocenters. The molecule has 0 bridgehead atoms. The van der Waals surface area contributed by atoms with Crippen molar-refractivity contribution in [2.75, 3.05) is 11.9 Å². The first-order chi connectivity index (χ1) is 10.1. The van der Waals surface area contributed by atoms with Crippen LogP contribution < -0.4 is 5.32 Å². The molecule has 0 amide bonds. The van der Waals surface area contributed by atoms with Crippen LogP contribution in [0.4, 0.5) is 5.69 Å². The minimum absolute atomic E-state index is 0.167. The largest absolute Gasteiger partial charge is 0.382 e. The van der Waals surface area contributed by atoms with Crippen LogP contribution in [0.5, 0.6) is 0 Å². The van der Waals surface area contributed by atoms with E-state index in [1.807, 2.05) is 12.1 Å². The van der Waals surface area contributed by atoms with Crippen molar-refractivity contribution in [2.24, 2.45) is 5.41 Å². The molecule has 21 heavy (non-hydrogen) atoms. The number of hydrogen-bond donors (Lipinski definition) is 1. The minimum atomic E-state index is 0.167. The molecule has 1 aromatic carbocycles. The zero-order valence-corrected chi connectivity index (χ0v) is 12.8. The lowest BCUT2D eigenvalue weighted by atomic mass is 9.64. The Hall–Kier alpha value is -1.88. The van der Waals surface area contributed by atoms with Gasteiger partial charge in [0.1, 0.15) is 12.7 Å². The molecule has 112 valence electrons. The first kappa shape index (κ1) is 14.1. The molecule has 0 saturated heterocycles. The maximum absolute atomic E-state index is 5.77. The van der Waals surface area contributed by atoms with E-state index in [0.29, 0.717) is 12.1 Å². The average Bonchev–Trinajstić information content (AvgIpc) is 3.01. The summed E-state index contributed by atoms with van der Waals surface area (Å²) in [7, 11) is 0. The lowest BCUT2D eigenvalue weighted by molar-refractivity contribution is -0.0975. The van der Waals surface area contributed by atoms with Gasteiger partial charge in [0, 0.05) is 23.8 Å². The Bertz CT molecular complexity index is 577. The Morgan fingerprint density at radius 3 is 2.67 bits per heavy atom. The van der Waals surface area contributed by atoms with Gasteiger partial charge in [-0.3, -0.25) is 0 Å². The van der Waals surface area contributed by atoms with Crippen molar-refractivity contribution in [3.63, 3.8) is 0 Å². The monoisotopic (exact) mass is 286 g/mol. The average molecular weight is 286 g/mol. The summed E-state index contributed by atoms with van der Waals surface area (Å²) in [6.45, 7) is 7.36.